The number of rotatable bonds is 2. The quantitative estimate of drug-likeness (QED) is 0.812. The second-order valence-electron chi connectivity index (χ2n) is 4.54. The van der Waals surface area contributed by atoms with Crippen molar-refractivity contribution in [1.29, 1.82) is 0 Å². The van der Waals surface area contributed by atoms with Crippen molar-refractivity contribution in [3.8, 4) is 0 Å². The second kappa shape index (κ2) is 6.34. The van der Waals surface area contributed by atoms with Crippen LogP contribution in [0.5, 0.6) is 0 Å². The summed E-state index contributed by atoms with van der Waals surface area (Å²) in [5, 5.41) is 2.90. The van der Waals surface area contributed by atoms with Crippen molar-refractivity contribution in [2.24, 2.45) is 5.73 Å². The number of amides is 2. The van der Waals surface area contributed by atoms with Gasteiger partial charge >= 0.3 is 6.03 Å². The Hall–Kier alpha value is -1.14. The van der Waals surface area contributed by atoms with Crippen LogP contribution in [0.3, 0.4) is 0 Å². The topological polar surface area (TPSA) is 58.4 Å². The maximum atomic E-state index is 12.1. The Labute approximate surface area is 126 Å². The van der Waals surface area contributed by atoms with E-state index in [9.17, 15) is 4.79 Å². The van der Waals surface area contributed by atoms with E-state index in [1.165, 1.54) is 6.42 Å². The van der Waals surface area contributed by atoms with Gasteiger partial charge in [-0.15, -0.1) is 0 Å². The van der Waals surface area contributed by atoms with Gasteiger partial charge in [0.1, 0.15) is 4.99 Å². The molecule has 6 heteroatoms. The molecule has 0 aromatic heterocycles. The Bertz CT molecular complexity index is 501. The Kier molecular flexibility index (Phi) is 4.76. The molecule has 3 N–H and O–H groups in total. The summed E-state index contributed by atoms with van der Waals surface area (Å²) in [6.07, 6.45) is 3.36. The van der Waals surface area contributed by atoms with Crippen LogP contribution in [0, 0.1) is 0 Å². The number of nitrogens with two attached hydrogens (primary N) is 1. The number of benzene rings is 1. The van der Waals surface area contributed by atoms with Crippen molar-refractivity contribution in [3.63, 3.8) is 0 Å². The SMILES string of the molecule is NC(=S)c1ccc(NC(=O)N2CCCCC2)c(Br)c1. The first-order valence-electron chi connectivity index (χ1n) is 6.23. The van der Waals surface area contributed by atoms with Gasteiger partial charge in [-0.2, -0.15) is 0 Å². The van der Waals surface area contributed by atoms with Gasteiger partial charge in [0.25, 0.3) is 0 Å². The molecule has 102 valence electrons. The molecule has 1 saturated heterocycles. The zero-order chi connectivity index (χ0) is 13.8. The third-order valence-corrected chi connectivity index (χ3v) is 4.03. The number of hydrogen-bond acceptors (Lipinski definition) is 2. The Morgan fingerprint density at radius 2 is 2.00 bits per heavy atom. The number of nitrogens with one attached hydrogen (secondary N) is 1. The largest absolute Gasteiger partial charge is 0.389 e. The lowest BCUT2D eigenvalue weighted by Gasteiger charge is -2.27. The van der Waals surface area contributed by atoms with Gasteiger partial charge in [0, 0.05) is 23.1 Å². The van der Waals surface area contributed by atoms with Crippen LogP contribution in [-0.4, -0.2) is 29.0 Å². The highest BCUT2D eigenvalue weighted by atomic mass is 79.9. The number of carbonyl (C=O) groups is 1. The molecule has 0 bridgehead atoms. The van der Waals surface area contributed by atoms with Crippen LogP contribution >= 0.6 is 28.1 Å². The molecule has 1 aliphatic heterocycles. The molecule has 1 aromatic rings. The van der Waals surface area contributed by atoms with E-state index in [-0.39, 0.29) is 6.03 Å². The fourth-order valence-electron chi connectivity index (χ4n) is 2.06. The number of likely N-dealkylation sites (tertiary alicyclic amines) is 1. The molecule has 0 spiro atoms. The minimum atomic E-state index is -0.0523. The minimum absolute atomic E-state index is 0.0523. The monoisotopic (exact) mass is 341 g/mol. The molecule has 1 fully saturated rings. The van der Waals surface area contributed by atoms with Crippen LogP contribution in [0.25, 0.3) is 0 Å². The molecule has 1 aromatic carbocycles. The molecule has 2 rings (SSSR count). The zero-order valence-corrected chi connectivity index (χ0v) is 12.9. The lowest BCUT2D eigenvalue weighted by molar-refractivity contribution is 0.200. The normalized spacial score (nSPS) is 15.1. The van der Waals surface area contributed by atoms with Crippen molar-refractivity contribution in [2.75, 3.05) is 18.4 Å². The molecular formula is C13H16BrN3OS. The van der Waals surface area contributed by atoms with Crippen LogP contribution in [-0.2, 0) is 0 Å². The number of halogens is 1. The van der Waals surface area contributed by atoms with Crippen LogP contribution in [0.1, 0.15) is 24.8 Å². The first-order chi connectivity index (χ1) is 9.08. The number of hydrogen-bond donors (Lipinski definition) is 2. The van der Waals surface area contributed by atoms with E-state index in [0.29, 0.717) is 4.99 Å². The van der Waals surface area contributed by atoms with Gasteiger partial charge in [-0.25, -0.2) is 4.79 Å². The molecule has 19 heavy (non-hydrogen) atoms. The molecule has 0 radical (unpaired) electrons. The number of thiocarbonyl (C=S) groups is 1. The molecule has 1 heterocycles. The van der Waals surface area contributed by atoms with E-state index >= 15 is 0 Å². The average molecular weight is 342 g/mol. The smallest absolute Gasteiger partial charge is 0.321 e. The zero-order valence-electron chi connectivity index (χ0n) is 10.5. The van der Waals surface area contributed by atoms with Crippen molar-refractivity contribution < 1.29 is 4.79 Å². The summed E-state index contributed by atoms with van der Waals surface area (Å²) in [5.41, 5.74) is 7.07. The van der Waals surface area contributed by atoms with Crippen LogP contribution in [0.4, 0.5) is 10.5 Å². The van der Waals surface area contributed by atoms with E-state index in [1.807, 2.05) is 11.0 Å². The van der Waals surface area contributed by atoms with Crippen LogP contribution in [0.15, 0.2) is 22.7 Å². The Morgan fingerprint density at radius 3 is 2.58 bits per heavy atom. The molecular weight excluding hydrogens is 326 g/mol. The maximum absolute atomic E-state index is 12.1. The third kappa shape index (κ3) is 3.67. The Morgan fingerprint density at radius 1 is 1.32 bits per heavy atom. The summed E-state index contributed by atoms with van der Waals surface area (Å²) in [6.45, 7) is 1.66. The molecule has 0 aliphatic carbocycles. The van der Waals surface area contributed by atoms with Gasteiger partial charge in [0.05, 0.1) is 5.69 Å². The molecule has 1 aliphatic rings. The summed E-state index contributed by atoms with van der Waals surface area (Å²) >= 11 is 8.34. The number of nitrogens with zero attached hydrogens (tertiary/aromatic N) is 1. The lowest BCUT2D eigenvalue weighted by atomic mass is 10.1. The molecule has 2 amide bonds. The predicted molar refractivity (Wildman–Crippen MR) is 84.5 cm³/mol. The van der Waals surface area contributed by atoms with Gasteiger partial charge < -0.3 is 16.0 Å². The summed E-state index contributed by atoms with van der Waals surface area (Å²) in [4.78, 5) is 14.3. The van der Waals surface area contributed by atoms with Crippen LogP contribution in [0.2, 0.25) is 0 Å². The van der Waals surface area contributed by atoms with Crippen molar-refractivity contribution in [1.82, 2.24) is 4.90 Å². The van der Waals surface area contributed by atoms with E-state index in [2.05, 4.69) is 21.2 Å². The fraction of sp³-hybridized carbons (Fsp3) is 0.385. The number of urea groups is 1. The molecule has 0 unspecified atom stereocenters. The molecule has 4 nitrogen and oxygen atoms in total. The highest BCUT2D eigenvalue weighted by Gasteiger charge is 2.17. The van der Waals surface area contributed by atoms with Crippen molar-refractivity contribution in [2.45, 2.75) is 19.3 Å². The fourth-order valence-corrected chi connectivity index (χ4v) is 2.67. The molecule has 0 atom stereocenters. The summed E-state index contributed by atoms with van der Waals surface area (Å²) in [6, 6.07) is 5.37. The maximum Gasteiger partial charge on any atom is 0.321 e. The summed E-state index contributed by atoms with van der Waals surface area (Å²) in [7, 11) is 0. The summed E-state index contributed by atoms with van der Waals surface area (Å²) in [5.74, 6) is 0. The van der Waals surface area contributed by atoms with E-state index in [0.717, 1.165) is 41.7 Å². The highest BCUT2D eigenvalue weighted by molar-refractivity contribution is 9.10. The lowest BCUT2D eigenvalue weighted by Crippen LogP contribution is -2.38. The van der Waals surface area contributed by atoms with Gasteiger partial charge in [0.15, 0.2) is 0 Å². The van der Waals surface area contributed by atoms with E-state index < -0.39 is 0 Å². The number of anilines is 1. The third-order valence-electron chi connectivity index (χ3n) is 3.14. The molecule has 0 saturated carbocycles. The van der Waals surface area contributed by atoms with Gasteiger partial charge in [-0.05, 0) is 53.4 Å². The standard InChI is InChI=1S/C13H16BrN3OS/c14-10-8-9(12(15)19)4-5-11(10)16-13(18)17-6-2-1-3-7-17/h4-5,8H,1-3,6-7H2,(H2,15,19)(H,16,18). The van der Waals surface area contributed by atoms with Crippen molar-refractivity contribution in [3.05, 3.63) is 28.2 Å². The van der Waals surface area contributed by atoms with Gasteiger partial charge in [-0.3, -0.25) is 0 Å². The first-order valence-corrected chi connectivity index (χ1v) is 7.43. The highest BCUT2D eigenvalue weighted by Crippen LogP contribution is 2.24. The van der Waals surface area contributed by atoms with Gasteiger partial charge in [0.2, 0.25) is 0 Å². The minimum Gasteiger partial charge on any atom is -0.389 e. The number of carbonyl (C=O) groups excluding carboxylic acids is 1. The predicted octanol–water partition coefficient (Wildman–Crippen LogP) is 3.10. The average Bonchev–Trinajstić information content (AvgIpc) is 2.41. The van der Waals surface area contributed by atoms with E-state index in [4.69, 9.17) is 18.0 Å². The van der Waals surface area contributed by atoms with Crippen LogP contribution < -0.4 is 11.1 Å². The van der Waals surface area contributed by atoms with Crippen molar-refractivity contribution >= 4 is 44.9 Å². The summed E-state index contributed by atoms with van der Waals surface area (Å²) < 4.78 is 0.781. The van der Waals surface area contributed by atoms with Gasteiger partial charge in [-0.1, -0.05) is 12.2 Å². The number of piperidine rings is 1. The van der Waals surface area contributed by atoms with E-state index in [1.54, 1.807) is 12.1 Å². The second-order valence-corrected chi connectivity index (χ2v) is 5.83. The Balaban J connectivity index is 2.06. The first kappa shape index (κ1) is 14.3.